The standard InChI is InChI=1S/C11H15BrN2O3/c1-7-5-9(6-8(2)11(7)12)16-4-3-10(15)17-14-13/h5-6,14H,3-4,13H2,1-2H3. The first kappa shape index (κ1) is 14.0. The lowest BCUT2D eigenvalue weighted by Gasteiger charge is -2.09. The molecule has 94 valence electrons. The summed E-state index contributed by atoms with van der Waals surface area (Å²) in [6.07, 6.45) is 0.137. The predicted molar refractivity (Wildman–Crippen MR) is 67.1 cm³/mol. The Labute approximate surface area is 108 Å². The Morgan fingerprint density at radius 2 is 2.00 bits per heavy atom. The summed E-state index contributed by atoms with van der Waals surface area (Å²) >= 11 is 3.47. The molecule has 0 aliphatic heterocycles. The van der Waals surface area contributed by atoms with Gasteiger partial charge in [-0.3, -0.25) is 4.79 Å². The van der Waals surface area contributed by atoms with E-state index in [1.54, 1.807) is 0 Å². The molecule has 0 heterocycles. The molecule has 3 N–H and O–H groups in total. The SMILES string of the molecule is Cc1cc(OCCC(=O)ONN)cc(C)c1Br. The fraction of sp³-hybridized carbons (Fsp3) is 0.364. The summed E-state index contributed by atoms with van der Waals surface area (Å²) in [7, 11) is 0. The third kappa shape index (κ3) is 4.33. The van der Waals surface area contributed by atoms with Crippen molar-refractivity contribution in [3.05, 3.63) is 27.7 Å². The van der Waals surface area contributed by atoms with Crippen LogP contribution < -0.4 is 16.2 Å². The topological polar surface area (TPSA) is 73.6 Å². The Kier molecular flexibility index (Phi) is 5.40. The van der Waals surface area contributed by atoms with Crippen molar-refractivity contribution >= 4 is 21.9 Å². The van der Waals surface area contributed by atoms with Crippen LogP contribution in [0, 0.1) is 13.8 Å². The number of carbonyl (C=O) groups is 1. The van der Waals surface area contributed by atoms with Gasteiger partial charge in [0.15, 0.2) is 0 Å². The third-order valence-electron chi connectivity index (χ3n) is 2.16. The van der Waals surface area contributed by atoms with Gasteiger partial charge in [-0.05, 0) is 37.1 Å². The van der Waals surface area contributed by atoms with Crippen LogP contribution >= 0.6 is 15.9 Å². The van der Waals surface area contributed by atoms with Gasteiger partial charge in [0.25, 0.3) is 0 Å². The zero-order chi connectivity index (χ0) is 12.8. The number of rotatable bonds is 5. The molecule has 0 aliphatic carbocycles. The van der Waals surface area contributed by atoms with Gasteiger partial charge in [0.1, 0.15) is 5.75 Å². The summed E-state index contributed by atoms with van der Waals surface area (Å²) in [5.74, 6) is 5.10. The average Bonchev–Trinajstić information content (AvgIpc) is 2.26. The molecule has 1 aromatic rings. The Balaban J connectivity index is 2.50. The number of hydrazine groups is 1. The number of nitrogens with one attached hydrogen (secondary N) is 1. The van der Waals surface area contributed by atoms with Gasteiger partial charge in [0, 0.05) is 4.47 Å². The molecule has 0 atom stereocenters. The first-order valence-electron chi connectivity index (χ1n) is 5.09. The number of benzene rings is 1. The van der Waals surface area contributed by atoms with E-state index >= 15 is 0 Å². The van der Waals surface area contributed by atoms with Gasteiger partial charge < -0.3 is 9.57 Å². The number of ether oxygens (including phenoxy) is 1. The van der Waals surface area contributed by atoms with Gasteiger partial charge in [0.2, 0.25) is 0 Å². The van der Waals surface area contributed by atoms with Crippen LogP contribution in [0.2, 0.25) is 0 Å². The zero-order valence-electron chi connectivity index (χ0n) is 9.75. The number of aryl methyl sites for hydroxylation is 2. The molecule has 0 bridgehead atoms. The van der Waals surface area contributed by atoms with E-state index in [1.807, 2.05) is 31.6 Å². The molecular weight excluding hydrogens is 288 g/mol. The molecule has 17 heavy (non-hydrogen) atoms. The molecule has 0 saturated heterocycles. The zero-order valence-corrected chi connectivity index (χ0v) is 11.3. The molecule has 5 nitrogen and oxygen atoms in total. The first-order chi connectivity index (χ1) is 8.04. The lowest BCUT2D eigenvalue weighted by molar-refractivity contribution is -0.151. The minimum atomic E-state index is -0.460. The van der Waals surface area contributed by atoms with E-state index in [4.69, 9.17) is 10.6 Å². The molecule has 0 spiro atoms. The van der Waals surface area contributed by atoms with Crippen LogP contribution in [-0.2, 0) is 9.63 Å². The van der Waals surface area contributed by atoms with Crippen LogP contribution in [0.5, 0.6) is 5.75 Å². The highest BCUT2D eigenvalue weighted by molar-refractivity contribution is 9.10. The van der Waals surface area contributed by atoms with E-state index in [0.717, 1.165) is 21.3 Å². The molecule has 1 rings (SSSR count). The van der Waals surface area contributed by atoms with Crippen LogP contribution in [0.4, 0.5) is 0 Å². The average molecular weight is 303 g/mol. The molecule has 0 aliphatic rings. The van der Waals surface area contributed by atoms with Crippen LogP contribution in [-0.4, -0.2) is 12.6 Å². The Bertz CT molecular complexity index is 387. The van der Waals surface area contributed by atoms with Crippen molar-refractivity contribution in [3.63, 3.8) is 0 Å². The van der Waals surface area contributed by atoms with Crippen LogP contribution in [0.15, 0.2) is 16.6 Å². The summed E-state index contributed by atoms with van der Waals surface area (Å²) in [6.45, 7) is 4.22. The second-order valence-electron chi connectivity index (χ2n) is 3.56. The molecular formula is C11H15BrN2O3. The largest absolute Gasteiger partial charge is 0.493 e. The molecule has 1 aromatic carbocycles. The van der Waals surface area contributed by atoms with Crippen molar-refractivity contribution < 1.29 is 14.4 Å². The maximum Gasteiger partial charge on any atom is 0.329 e. The van der Waals surface area contributed by atoms with E-state index in [0.29, 0.717) is 0 Å². The van der Waals surface area contributed by atoms with E-state index < -0.39 is 5.97 Å². The lowest BCUT2D eigenvalue weighted by Crippen LogP contribution is -2.26. The molecule has 0 aromatic heterocycles. The Hall–Kier alpha value is -1.11. The monoisotopic (exact) mass is 302 g/mol. The molecule has 0 radical (unpaired) electrons. The number of halogens is 1. The number of carbonyl (C=O) groups excluding carboxylic acids is 1. The van der Waals surface area contributed by atoms with E-state index in [2.05, 4.69) is 20.8 Å². The van der Waals surface area contributed by atoms with Crippen molar-refractivity contribution in [1.29, 1.82) is 0 Å². The van der Waals surface area contributed by atoms with E-state index in [9.17, 15) is 4.79 Å². The van der Waals surface area contributed by atoms with Gasteiger partial charge in [-0.2, -0.15) is 0 Å². The molecule has 0 unspecified atom stereocenters. The Morgan fingerprint density at radius 1 is 1.41 bits per heavy atom. The fourth-order valence-electron chi connectivity index (χ4n) is 1.36. The predicted octanol–water partition coefficient (Wildman–Crippen LogP) is 1.76. The number of hydrogen-bond donors (Lipinski definition) is 2. The second-order valence-corrected chi connectivity index (χ2v) is 4.35. The fourth-order valence-corrected chi connectivity index (χ4v) is 1.59. The minimum absolute atomic E-state index is 0.137. The van der Waals surface area contributed by atoms with Gasteiger partial charge in [-0.1, -0.05) is 21.5 Å². The number of nitrogens with two attached hydrogens (primary N) is 1. The summed E-state index contributed by atoms with van der Waals surface area (Å²) < 4.78 is 6.52. The van der Waals surface area contributed by atoms with Crippen LogP contribution in [0.1, 0.15) is 17.5 Å². The quantitative estimate of drug-likeness (QED) is 0.640. The summed E-state index contributed by atoms with van der Waals surface area (Å²) in [4.78, 5) is 15.3. The van der Waals surface area contributed by atoms with Crippen LogP contribution in [0.3, 0.4) is 0 Å². The second kappa shape index (κ2) is 6.58. The van der Waals surface area contributed by atoms with Gasteiger partial charge >= 0.3 is 5.97 Å². The van der Waals surface area contributed by atoms with Gasteiger partial charge in [0.05, 0.1) is 13.0 Å². The first-order valence-corrected chi connectivity index (χ1v) is 5.88. The Morgan fingerprint density at radius 3 is 2.53 bits per heavy atom. The van der Waals surface area contributed by atoms with E-state index in [1.165, 1.54) is 0 Å². The maximum atomic E-state index is 11.0. The lowest BCUT2D eigenvalue weighted by atomic mass is 10.1. The highest BCUT2D eigenvalue weighted by atomic mass is 79.9. The molecule has 0 fully saturated rings. The molecule has 0 saturated carbocycles. The molecule has 0 amide bonds. The van der Waals surface area contributed by atoms with Crippen molar-refractivity contribution in [2.24, 2.45) is 5.84 Å². The summed E-state index contributed by atoms with van der Waals surface area (Å²) in [6, 6.07) is 3.81. The normalized spacial score (nSPS) is 10.1. The molecule has 6 heteroatoms. The maximum absolute atomic E-state index is 11.0. The van der Waals surface area contributed by atoms with Crippen molar-refractivity contribution in [1.82, 2.24) is 5.59 Å². The minimum Gasteiger partial charge on any atom is -0.493 e. The summed E-state index contributed by atoms with van der Waals surface area (Å²) in [5.41, 5.74) is 4.01. The van der Waals surface area contributed by atoms with E-state index in [-0.39, 0.29) is 13.0 Å². The van der Waals surface area contributed by atoms with Crippen molar-refractivity contribution in [2.45, 2.75) is 20.3 Å². The van der Waals surface area contributed by atoms with Gasteiger partial charge in [-0.15, -0.1) is 0 Å². The number of hydrogen-bond acceptors (Lipinski definition) is 5. The van der Waals surface area contributed by atoms with Gasteiger partial charge in [-0.25, -0.2) is 5.84 Å². The summed E-state index contributed by atoms with van der Waals surface area (Å²) in [5, 5.41) is 0. The smallest absolute Gasteiger partial charge is 0.329 e. The highest BCUT2D eigenvalue weighted by Crippen LogP contribution is 2.26. The highest BCUT2D eigenvalue weighted by Gasteiger charge is 2.05. The third-order valence-corrected chi connectivity index (χ3v) is 3.41. The van der Waals surface area contributed by atoms with Crippen molar-refractivity contribution in [2.75, 3.05) is 6.61 Å². The van der Waals surface area contributed by atoms with Crippen molar-refractivity contribution in [3.8, 4) is 5.75 Å². The van der Waals surface area contributed by atoms with Crippen LogP contribution in [0.25, 0.3) is 0 Å².